The number of carboxylic acid groups (broad SMARTS) is 1. The lowest BCUT2D eigenvalue weighted by atomic mass is 10.4. The Labute approximate surface area is 118 Å². The monoisotopic (exact) mass is 330 g/mol. The number of rotatable bonds is 6. The maximum atomic E-state index is 12.1. The Hall–Kier alpha value is -0.790. The van der Waals surface area contributed by atoms with Gasteiger partial charge in [-0.1, -0.05) is 0 Å². The van der Waals surface area contributed by atoms with Crippen LogP contribution in [0, 0.1) is 0 Å². The molecule has 0 saturated carbocycles. The van der Waals surface area contributed by atoms with E-state index >= 15 is 0 Å². The second-order valence-electron chi connectivity index (χ2n) is 4.32. The van der Waals surface area contributed by atoms with Crippen LogP contribution in [-0.2, 0) is 25.2 Å². The molecule has 1 saturated heterocycles. The molecular formula is C8H18N4O6S2. The van der Waals surface area contributed by atoms with E-state index in [9.17, 15) is 21.6 Å². The van der Waals surface area contributed by atoms with E-state index in [-0.39, 0.29) is 39.1 Å². The molecule has 1 aliphatic heterocycles. The zero-order chi connectivity index (χ0) is 15.6. The van der Waals surface area contributed by atoms with Gasteiger partial charge in [0.15, 0.2) is 0 Å². The number of piperazine rings is 1. The number of carbonyl (C=O) groups is 1. The Morgan fingerprint density at radius 3 is 2.00 bits per heavy atom. The van der Waals surface area contributed by atoms with Gasteiger partial charge in [0.25, 0.3) is 20.4 Å². The van der Waals surface area contributed by atoms with Gasteiger partial charge in [-0.2, -0.15) is 29.8 Å². The molecule has 1 rings (SSSR count). The van der Waals surface area contributed by atoms with E-state index in [1.807, 2.05) is 0 Å². The summed E-state index contributed by atoms with van der Waals surface area (Å²) in [6.45, 7) is -0.227. The lowest BCUT2D eigenvalue weighted by Crippen LogP contribution is -2.54. The van der Waals surface area contributed by atoms with Crippen LogP contribution in [0.25, 0.3) is 0 Å². The second kappa shape index (κ2) is 6.32. The first kappa shape index (κ1) is 17.3. The predicted octanol–water partition coefficient (Wildman–Crippen LogP) is -2.54. The number of nitrogens with two attached hydrogens (primary N) is 1. The van der Waals surface area contributed by atoms with Gasteiger partial charge in [0.1, 0.15) is 0 Å². The van der Waals surface area contributed by atoms with E-state index < -0.39 is 26.4 Å². The average Bonchev–Trinajstić information content (AvgIpc) is 2.34. The van der Waals surface area contributed by atoms with Crippen LogP contribution >= 0.6 is 0 Å². The molecule has 0 atom stereocenters. The summed E-state index contributed by atoms with van der Waals surface area (Å²) in [5.74, 6) is -1.09. The molecule has 1 heterocycles. The Bertz CT molecular complexity index is 552. The van der Waals surface area contributed by atoms with Gasteiger partial charge in [0.05, 0.1) is 6.42 Å². The zero-order valence-electron chi connectivity index (χ0n) is 11.0. The molecule has 1 aliphatic rings. The summed E-state index contributed by atoms with van der Waals surface area (Å²) in [5, 5.41) is 13.5. The summed E-state index contributed by atoms with van der Waals surface area (Å²) in [4.78, 5) is 10.4. The van der Waals surface area contributed by atoms with E-state index in [4.69, 9.17) is 10.2 Å². The molecule has 1 fully saturated rings. The molecule has 0 aromatic heterocycles. The Morgan fingerprint density at radius 2 is 1.60 bits per heavy atom. The van der Waals surface area contributed by atoms with Gasteiger partial charge < -0.3 is 5.11 Å². The third-order valence-electron chi connectivity index (χ3n) is 2.92. The minimum Gasteiger partial charge on any atom is -0.481 e. The molecule has 0 unspecified atom stereocenters. The van der Waals surface area contributed by atoms with Crippen molar-refractivity contribution in [3.63, 3.8) is 0 Å². The quantitative estimate of drug-likeness (QED) is 0.549. The van der Waals surface area contributed by atoms with Crippen LogP contribution in [0.2, 0.25) is 0 Å². The van der Waals surface area contributed by atoms with Crippen LogP contribution in [0.4, 0.5) is 0 Å². The summed E-state index contributed by atoms with van der Waals surface area (Å²) in [7, 11) is -6.32. The van der Waals surface area contributed by atoms with E-state index in [2.05, 4.69) is 0 Å². The highest BCUT2D eigenvalue weighted by molar-refractivity contribution is 7.87. The molecule has 12 heteroatoms. The molecule has 3 N–H and O–H groups in total. The number of aliphatic carboxylic acids is 1. The van der Waals surface area contributed by atoms with Crippen molar-refractivity contribution in [2.45, 2.75) is 6.42 Å². The van der Waals surface area contributed by atoms with Crippen LogP contribution in [0.3, 0.4) is 0 Å². The maximum absolute atomic E-state index is 12.1. The Morgan fingerprint density at radius 1 is 1.15 bits per heavy atom. The summed E-state index contributed by atoms with van der Waals surface area (Å²) < 4.78 is 49.5. The second-order valence-corrected chi connectivity index (χ2v) is 7.90. The molecule has 0 aromatic carbocycles. The van der Waals surface area contributed by atoms with Crippen molar-refractivity contribution in [2.24, 2.45) is 5.14 Å². The molecule has 0 aliphatic carbocycles. The largest absolute Gasteiger partial charge is 0.481 e. The van der Waals surface area contributed by atoms with Crippen molar-refractivity contribution in [2.75, 3.05) is 39.8 Å². The van der Waals surface area contributed by atoms with Gasteiger partial charge in [-0.05, 0) is 0 Å². The average molecular weight is 330 g/mol. The third kappa shape index (κ3) is 4.36. The van der Waals surface area contributed by atoms with Gasteiger partial charge in [0, 0.05) is 39.8 Å². The molecule has 0 radical (unpaired) electrons. The summed E-state index contributed by atoms with van der Waals surface area (Å²) >= 11 is 0. The number of carboxylic acids is 1. The third-order valence-corrected chi connectivity index (χ3v) is 5.99. The Balaban J connectivity index is 2.65. The minimum atomic E-state index is -3.82. The lowest BCUT2D eigenvalue weighted by molar-refractivity contribution is -0.137. The predicted molar refractivity (Wildman–Crippen MR) is 70.1 cm³/mol. The maximum Gasteiger partial charge on any atom is 0.304 e. The first-order valence-corrected chi connectivity index (χ1v) is 8.66. The van der Waals surface area contributed by atoms with Crippen molar-refractivity contribution in [1.82, 2.24) is 12.9 Å². The van der Waals surface area contributed by atoms with Crippen molar-refractivity contribution >= 4 is 26.4 Å². The standard InChI is InChI=1S/C8H18N4O6S2/c1-10(3-2-8(13)14)20(17,18)12-6-4-11(5-7-12)19(9,15)16/h2-7H2,1H3,(H,13,14)(H2,9,15,16). The summed E-state index contributed by atoms with van der Waals surface area (Å²) in [5.41, 5.74) is 0. The first-order valence-electron chi connectivity index (χ1n) is 5.76. The van der Waals surface area contributed by atoms with Gasteiger partial charge >= 0.3 is 5.97 Å². The van der Waals surface area contributed by atoms with E-state index in [0.717, 1.165) is 12.9 Å². The van der Waals surface area contributed by atoms with E-state index in [1.165, 1.54) is 7.05 Å². The van der Waals surface area contributed by atoms with Crippen molar-refractivity contribution < 1.29 is 26.7 Å². The van der Waals surface area contributed by atoms with E-state index in [0.29, 0.717) is 0 Å². The van der Waals surface area contributed by atoms with Gasteiger partial charge in [0.2, 0.25) is 0 Å². The molecule has 118 valence electrons. The molecule has 0 spiro atoms. The highest BCUT2D eigenvalue weighted by Gasteiger charge is 2.32. The van der Waals surface area contributed by atoms with Crippen molar-refractivity contribution in [3.05, 3.63) is 0 Å². The van der Waals surface area contributed by atoms with Gasteiger partial charge in [-0.3, -0.25) is 4.79 Å². The van der Waals surface area contributed by atoms with Crippen LogP contribution in [0.1, 0.15) is 6.42 Å². The smallest absolute Gasteiger partial charge is 0.304 e. The molecular weight excluding hydrogens is 312 g/mol. The topological polar surface area (TPSA) is 141 Å². The van der Waals surface area contributed by atoms with Crippen LogP contribution in [-0.4, -0.2) is 80.6 Å². The fourth-order valence-electron chi connectivity index (χ4n) is 1.72. The SMILES string of the molecule is CN(CCC(=O)O)S(=O)(=O)N1CCN(S(N)(=O)=O)CC1. The molecule has 10 nitrogen and oxygen atoms in total. The molecule has 0 bridgehead atoms. The molecule has 0 aromatic rings. The molecule has 20 heavy (non-hydrogen) atoms. The highest BCUT2D eigenvalue weighted by atomic mass is 32.2. The normalized spacial score (nSPS) is 19.4. The van der Waals surface area contributed by atoms with Gasteiger partial charge in [-0.15, -0.1) is 0 Å². The highest BCUT2D eigenvalue weighted by Crippen LogP contribution is 2.12. The van der Waals surface area contributed by atoms with Crippen LogP contribution in [0.5, 0.6) is 0 Å². The lowest BCUT2D eigenvalue weighted by Gasteiger charge is -2.34. The van der Waals surface area contributed by atoms with Gasteiger partial charge in [-0.25, -0.2) is 5.14 Å². The first-order chi connectivity index (χ1) is 9.05. The minimum absolute atomic E-state index is 0.0177. The number of hydrogen-bond donors (Lipinski definition) is 2. The number of hydrogen-bond acceptors (Lipinski definition) is 5. The zero-order valence-corrected chi connectivity index (χ0v) is 12.6. The fraction of sp³-hybridized carbons (Fsp3) is 0.875. The van der Waals surface area contributed by atoms with Crippen molar-refractivity contribution in [3.8, 4) is 0 Å². The fourth-order valence-corrected chi connectivity index (χ4v) is 3.73. The van der Waals surface area contributed by atoms with Crippen molar-refractivity contribution in [1.29, 1.82) is 0 Å². The van der Waals surface area contributed by atoms with Crippen LogP contribution in [0.15, 0.2) is 0 Å². The van der Waals surface area contributed by atoms with E-state index in [1.54, 1.807) is 0 Å². The summed E-state index contributed by atoms with van der Waals surface area (Å²) in [6, 6.07) is 0. The number of nitrogens with zero attached hydrogens (tertiary/aromatic N) is 3. The molecule has 0 amide bonds. The van der Waals surface area contributed by atoms with Crippen LogP contribution < -0.4 is 5.14 Å². The summed E-state index contributed by atoms with van der Waals surface area (Å²) in [6.07, 6.45) is -0.299. The Kier molecular flexibility index (Phi) is 5.46.